The summed E-state index contributed by atoms with van der Waals surface area (Å²) in [4.78, 5) is 35.8. The number of rotatable bonds is 8. The van der Waals surface area contributed by atoms with Gasteiger partial charge in [0.2, 0.25) is 0 Å². The Bertz CT molecular complexity index is 799. The van der Waals surface area contributed by atoms with Gasteiger partial charge in [-0.2, -0.15) is 26.3 Å². The molecule has 0 aromatic carbocycles. The van der Waals surface area contributed by atoms with Crippen molar-refractivity contribution in [1.82, 2.24) is 0 Å². The second-order valence-electron chi connectivity index (χ2n) is 7.43. The molecule has 0 aromatic rings. The molecule has 1 heterocycles. The van der Waals surface area contributed by atoms with Crippen LogP contribution in [0.25, 0.3) is 0 Å². The molecule has 2 bridgehead atoms. The second kappa shape index (κ2) is 7.33. The van der Waals surface area contributed by atoms with Gasteiger partial charge in [0.15, 0.2) is 6.61 Å². The first-order valence-electron chi connectivity index (χ1n) is 8.79. The van der Waals surface area contributed by atoms with E-state index in [4.69, 9.17) is 9.47 Å². The average molecular weight is 466 g/mol. The molecule has 31 heavy (non-hydrogen) atoms. The van der Waals surface area contributed by atoms with Crippen molar-refractivity contribution >= 4 is 17.9 Å². The Morgan fingerprint density at radius 2 is 1.77 bits per heavy atom. The van der Waals surface area contributed by atoms with Crippen LogP contribution in [-0.2, 0) is 28.6 Å². The van der Waals surface area contributed by atoms with Crippen LogP contribution in [0.2, 0.25) is 0 Å². The van der Waals surface area contributed by atoms with E-state index in [1.807, 2.05) is 0 Å². The first-order valence-corrected chi connectivity index (χ1v) is 8.79. The summed E-state index contributed by atoms with van der Waals surface area (Å²) < 4.78 is 118. The Balaban J connectivity index is 1.75. The van der Waals surface area contributed by atoms with Crippen molar-refractivity contribution < 1.29 is 63.7 Å². The lowest BCUT2D eigenvalue weighted by Crippen LogP contribution is -2.59. The molecule has 6 unspecified atom stereocenters. The van der Waals surface area contributed by atoms with Crippen molar-refractivity contribution in [2.24, 2.45) is 23.7 Å². The van der Waals surface area contributed by atoms with Crippen molar-refractivity contribution in [3.8, 4) is 0 Å². The lowest BCUT2D eigenvalue weighted by Gasteiger charge is -2.33. The summed E-state index contributed by atoms with van der Waals surface area (Å²) in [6, 6.07) is 0. The van der Waals surface area contributed by atoms with E-state index in [9.17, 15) is 49.5 Å². The van der Waals surface area contributed by atoms with Gasteiger partial charge in [-0.1, -0.05) is 6.58 Å². The van der Waals surface area contributed by atoms with Gasteiger partial charge in [-0.05, 0) is 6.42 Å². The van der Waals surface area contributed by atoms with Gasteiger partial charge in [-0.15, -0.1) is 0 Å². The SMILES string of the molecule is C=CC(=O)OC1C2CC3C1OC(=O)C3C2C(=O)OCC(F)(F)C(F)(F)C(F)(F)C(F)F. The fourth-order valence-electron chi connectivity index (χ4n) is 4.38. The predicted octanol–water partition coefficient (Wildman–Crippen LogP) is 2.61. The molecule has 2 aliphatic carbocycles. The van der Waals surface area contributed by atoms with Crippen LogP contribution >= 0.6 is 0 Å². The molecule has 3 rings (SSSR count). The van der Waals surface area contributed by atoms with Gasteiger partial charge < -0.3 is 14.2 Å². The van der Waals surface area contributed by atoms with E-state index >= 15 is 0 Å². The minimum absolute atomic E-state index is 0.0753. The molecule has 0 amide bonds. The van der Waals surface area contributed by atoms with Crippen LogP contribution in [0, 0.1) is 23.7 Å². The summed E-state index contributed by atoms with van der Waals surface area (Å²) in [5.41, 5.74) is 0. The van der Waals surface area contributed by atoms with Gasteiger partial charge in [0, 0.05) is 17.9 Å². The predicted molar refractivity (Wildman–Crippen MR) is 80.3 cm³/mol. The third kappa shape index (κ3) is 3.34. The monoisotopic (exact) mass is 466 g/mol. The normalized spacial score (nSPS) is 32.2. The Kier molecular flexibility index (Phi) is 5.50. The van der Waals surface area contributed by atoms with Crippen LogP contribution in [0.15, 0.2) is 12.7 Å². The fourth-order valence-corrected chi connectivity index (χ4v) is 4.38. The first kappa shape index (κ1) is 23.3. The molecule has 0 spiro atoms. The van der Waals surface area contributed by atoms with Crippen LogP contribution in [0.5, 0.6) is 0 Å². The largest absolute Gasteiger partial charge is 0.459 e. The minimum atomic E-state index is -6.54. The van der Waals surface area contributed by atoms with Gasteiger partial charge in [0.05, 0.1) is 11.8 Å². The quantitative estimate of drug-likeness (QED) is 0.237. The van der Waals surface area contributed by atoms with E-state index in [2.05, 4.69) is 11.3 Å². The van der Waals surface area contributed by atoms with Crippen LogP contribution in [0.1, 0.15) is 6.42 Å². The number of fused-ring (bicyclic) bond motifs is 1. The Labute approximate surface area is 168 Å². The maximum absolute atomic E-state index is 13.6. The van der Waals surface area contributed by atoms with Gasteiger partial charge in [0.25, 0.3) is 0 Å². The molecule has 1 aliphatic heterocycles. The smallest absolute Gasteiger partial charge is 0.381 e. The van der Waals surface area contributed by atoms with E-state index in [0.717, 1.165) is 6.08 Å². The standard InChI is InChI=1S/C17H14F8O6/c1-2-7(26)30-10-5-3-6-9(13(28)31-11(6)10)8(5)12(27)29-4-15(20,21)17(24,25)16(22,23)14(18)19/h2,5-6,8-11,14H,1,3-4H2. The van der Waals surface area contributed by atoms with Crippen LogP contribution < -0.4 is 0 Å². The van der Waals surface area contributed by atoms with Gasteiger partial charge in [-0.25, -0.2) is 13.6 Å². The zero-order valence-electron chi connectivity index (χ0n) is 15.2. The van der Waals surface area contributed by atoms with E-state index in [-0.39, 0.29) is 6.42 Å². The molecule has 2 saturated carbocycles. The molecule has 174 valence electrons. The number of hydrogen-bond acceptors (Lipinski definition) is 6. The number of hydrogen-bond donors (Lipinski definition) is 0. The molecular formula is C17H14F8O6. The third-order valence-electron chi connectivity index (χ3n) is 5.78. The zero-order valence-corrected chi connectivity index (χ0v) is 15.2. The third-order valence-corrected chi connectivity index (χ3v) is 5.78. The summed E-state index contributed by atoms with van der Waals surface area (Å²) >= 11 is 0. The van der Waals surface area contributed by atoms with Crippen LogP contribution in [0.4, 0.5) is 35.1 Å². The number of carbonyl (C=O) groups is 3. The number of carbonyl (C=O) groups excluding carboxylic acids is 3. The Morgan fingerprint density at radius 1 is 1.16 bits per heavy atom. The van der Waals surface area contributed by atoms with Gasteiger partial charge in [-0.3, -0.25) is 9.59 Å². The van der Waals surface area contributed by atoms with Crippen LogP contribution in [-0.4, -0.2) is 60.9 Å². The lowest BCUT2D eigenvalue weighted by molar-refractivity contribution is -0.344. The van der Waals surface area contributed by atoms with Crippen molar-refractivity contribution in [2.75, 3.05) is 6.61 Å². The number of esters is 3. The van der Waals surface area contributed by atoms with Crippen molar-refractivity contribution in [1.29, 1.82) is 0 Å². The highest BCUT2D eigenvalue weighted by molar-refractivity contribution is 5.87. The molecule has 0 radical (unpaired) electrons. The highest BCUT2D eigenvalue weighted by atomic mass is 19.4. The molecule has 0 N–H and O–H groups in total. The molecule has 14 heteroatoms. The van der Waals surface area contributed by atoms with E-state index in [1.54, 1.807) is 0 Å². The highest BCUT2D eigenvalue weighted by Crippen LogP contribution is 2.59. The van der Waals surface area contributed by atoms with Crippen molar-refractivity contribution in [3.63, 3.8) is 0 Å². The van der Waals surface area contributed by atoms with E-state index in [1.165, 1.54) is 0 Å². The van der Waals surface area contributed by atoms with E-state index in [0.29, 0.717) is 0 Å². The van der Waals surface area contributed by atoms with Crippen molar-refractivity contribution in [2.45, 2.75) is 42.8 Å². The lowest BCUT2D eigenvalue weighted by atomic mass is 9.78. The fraction of sp³-hybridized carbons (Fsp3) is 0.706. The van der Waals surface area contributed by atoms with Gasteiger partial charge >= 0.3 is 42.1 Å². The molecule has 1 saturated heterocycles. The summed E-state index contributed by atoms with van der Waals surface area (Å²) in [5, 5.41) is 0. The zero-order chi connectivity index (χ0) is 23.5. The molecular weight excluding hydrogens is 452 g/mol. The highest BCUT2D eigenvalue weighted by Gasteiger charge is 2.76. The molecule has 6 nitrogen and oxygen atoms in total. The Hall–Kier alpha value is -2.41. The summed E-state index contributed by atoms with van der Waals surface area (Å²) in [7, 11) is 0. The van der Waals surface area contributed by atoms with Crippen molar-refractivity contribution in [3.05, 3.63) is 12.7 Å². The van der Waals surface area contributed by atoms with Gasteiger partial charge in [0.1, 0.15) is 12.2 Å². The maximum Gasteiger partial charge on any atom is 0.381 e. The maximum atomic E-state index is 13.6. The molecule has 6 atom stereocenters. The average Bonchev–Trinajstić information content (AvgIpc) is 3.29. The topological polar surface area (TPSA) is 78.9 Å². The summed E-state index contributed by atoms with van der Waals surface area (Å²) in [6.07, 6.45) is -6.34. The minimum Gasteiger partial charge on any atom is -0.459 e. The Morgan fingerprint density at radius 3 is 2.32 bits per heavy atom. The summed E-state index contributed by atoms with van der Waals surface area (Å²) in [6.45, 7) is 0.522. The molecule has 0 aromatic heterocycles. The number of alkyl halides is 8. The first-order chi connectivity index (χ1) is 14.2. The second-order valence-corrected chi connectivity index (χ2v) is 7.43. The molecule has 3 aliphatic rings. The summed E-state index contributed by atoms with van der Waals surface area (Å²) in [5.74, 6) is -26.6. The number of ether oxygens (including phenoxy) is 3. The van der Waals surface area contributed by atoms with E-state index < -0.39 is 84.6 Å². The number of halogens is 8. The molecule has 3 fully saturated rings. The van der Waals surface area contributed by atoms with Crippen LogP contribution in [0.3, 0.4) is 0 Å².